The summed E-state index contributed by atoms with van der Waals surface area (Å²) in [5.41, 5.74) is 0. The van der Waals surface area contributed by atoms with Crippen molar-refractivity contribution in [1.82, 2.24) is 9.62 Å². The molecule has 2 N–H and O–H groups in total. The molecule has 0 aromatic rings. The lowest BCUT2D eigenvalue weighted by molar-refractivity contribution is -0.142. The third kappa shape index (κ3) is 5.24. The van der Waals surface area contributed by atoms with Crippen molar-refractivity contribution in [3.8, 4) is 0 Å². The van der Waals surface area contributed by atoms with E-state index < -0.39 is 27.8 Å². The predicted octanol–water partition coefficient (Wildman–Crippen LogP) is 0.665. The van der Waals surface area contributed by atoms with Crippen molar-refractivity contribution < 1.29 is 23.1 Å². The van der Waals surface area contributed by atoms with Crippen LogP contribution < -0.4 is 5.32 Å². The number of carboxylic acids is 1. The van der Waals surface area contributed by atoms with Gasteiger partial charge in [-0.25, -0.2) is 12.7 Å². The number of hydrogen-bond acceptors (Lipinski definition) is 4. The molecule has 1 fully saturated rings. The van der Waals surface area contributed by atoms with Crippen LogP contribution in [0.25, 0.3) is 0 Å². The fourth-order valence-corrected chi connectivity index (χ4v) is 3.80. The molecule has 7 nitrogen and oxygen atoms in total. The molecule has 1 heterocycles. The van der Waals surface area contributed by atoms with Gasteiger partial charge in [0.1, 0.15) is 0 Å². The lowest BCUT2D eigenvalue weighted by Crippen LogP contribution is -2.46. The molecule has 1 rings (SSSR count). The van der Waals surface area contributed by atoms with Crippen LogP contribution in [0.1, 0.15) is 39.5 Å². The van der Waals surface area contributed by atoms with Crippen LogP contribution in [0.2, 0.25) is 0 Å². The largest absolute Gasteiger partial charge is 0.481 e. The highest BCUT2D eigenvalue weighted by atomic mass is 32.2. The van der Waals surface area contributed by atoms with E-state index in [0.717, 1.165) is 6.42 Å². The Balaban J connectivity index is 2.56. The Bertz CT molecular complexity index is 491. The first-order chi connectivity index (χ1) is 10.3. The number of nitrogens with one attached hydrogen (secondary N) is 1. The number of carboxylic acid groups (broad SMARTS) is 1. The van der Waals surface area contributed by atoms with Crippen molar-refractivity contribution in [3.05, 3.63) is 0 Å². The van der Waals surface area contributed by atoms with Crippen LogP contribution in [-0.4, -0.2) is 55.1 Å². The summed E-state index contributed by atoms with van der Waals surface area (Å²) >= 11 is 0. The smallest absolute Gasteiger partial charge is 0.308 e. The summed E-state index contributed by atoms with van der Waals surface area (Å²) in [7, 11) is -3.28. The van der Waals surface area contributed by atoms with Gasteiger partial charge in [-0.05, 0) is 26.2 Å². The van der Waals surface area contributed by atoms with Crippen LogP contribution in [0.15, 0.2) is 0 Å². The molecule has 0 aliphatic carbocycles. The van der Waals surface area contributed by atoms with Gasteiger partial charge in [0, 0.05) is 19.6 Å². The molecule has 0 aromatic carbocycles. The Morgan fingerprint density at radius 1 is 1.36 bits per heavy atom. The number of nitrogens with zero attached hydrogens (tertiary/aromatic N) is 1. The fraction of sp³-hybridized carbons (Fsp3) is 0.857. The van der Waals surface area contributed by atoms with Crippen molar-refractivity contribution in [2.24, 2.45) is 11.8 Å². The summed E-state index contributed by atoms with van der Waals surface area (Å²) in [5.74, 6) is -2.13. The molecule has 0 spiro atoms. The lowest BCUT2D eigenvalue weighted by atomic mass is 9.98. The van der Waals surface area contributed by atoms with Gasteiger partial charge in [0.05, 0.1) is 17.6 Å². The van der Waals surface area contributed by atoms with E-state index in [4.69, 9.17) is 5.11 Å². The summed E-state index contributed by atoms with van der Waals surface area (Å²) in [6, 6.07) is 0. The molecule has 1 aliphatic heterocycles. The minimum Gasteiger partial charge on any atom is -0.481 e. The molecule has 1 aliphatic rings. The van der Waals surface area contributed by atoms with Crippen molar-refractivity contribution >= 4 is 21.9 Å². The highest BCUT2D eigenvalue weighted by Crippen LogP contribution is 2.19. The maximum absolute atomic E-state index is 12.2. The average molecular weight is 334 g/mol. The number of amides is 1. The maximum atomic E-state index is 12.2. The van der Waals surface area contributed by atoms with Crippen LogP contribution in [0.4, 0.5) is 0 Å². The molecule has 128 valence electrons. The fourth-order valence-electron chi connectivity index (χ4n) is 2.62. The van der Waals surface area contributed by atoms with Crippen LogP contribution >= 0.6 is 0 Å². The number of aliphatic carboxylic acids is 1. The van der Waals surface area contributed by atoms with E-state index in [2.05, 4.69) is 5.32 Å². The van der Waals surface area contributed by atoms with Gasteiger partial charge in [-0.2, -0.15) is 0 Å². The first kappa shape index (κ1) is 18.9. The van der Waals surface area contributed by atoms with Crippen LogP contribution in [-0.2, 0) is 19.6 Å². The van der Waals surface area contributed by atoms with Gasteiger partial charge in [-0.1, -0.05) is 13.3 Å². The minimum absolute atomic E-state index is 0.0267. The zero-order chi connectivity index (χ0) is 16.8. The predicted molar refractivity (Wildman–Crippen MR) is 82.8 cm³/mol. The Morgan fingerprint density at radius 2 is 2.05 bits per heavy atom. The van der Waals surface area contributed by atoms with Gasteiger partial charge in [0.25, 0.3) is 0 Å². The summed E-state index contributed by atoms with van der Waals surface area (Å²) < 4.78 is 25.1. The zero-order valence-corrected chi connectivity index (χ0v) is 14.1. The number of carbonyl (C=O) groups is 2. The van der Waals surface area contributed by atoms with Gasteiger partial charge >= 0.3 is 5.97 Å². The molecular weight excluding hydrogens is 308 g/mol. The molecule has 1 saturated heterocycles. The second-order valence-electron chi connectivity index (χ2n) is 5.67. The van der Waals surface area contributed by atoms with E-state index in [0.29, 0.717) is 25.8 Å². The highest BCUT2D eigenvalue weighted by Gasteiger charge is 2.31. The highest BCUT2D eigenvalue weighted by molar-refractivity contribution is 7.89. The van der Waals surface area contributed by atoms with Gasteiger partial charge in [-0.15, -0.1) is 0 Å². The topological polar surface area (TPSA) is 104 Å². The summed E-state index contributed by atoms with van der Waals surface area (Å²) in [5, 5.41) is 11.7. The molecule has 0 bridgehead atoms. The lowest BCUT2D eigenvalue weighted by Gasteiger charge is -2.31. The molecule has 0 saturated carbocycles. The zero-order valence-electron chi connectivity index (χ0n) is 13.2. The second kappa shape index (κ2) is 8.47. The van der Waals surface area contributed by atoms with Crippen molar-refractivity contribution in [1.29, 1.82) is 0 Å². The Labute approximate surface area is 132 Å². The Kier molecular flexibility index (Phi) is 7.28. The molecule has 8 heteroatoms. The van der Waals surface area contributed by atoms with E-state index in [1.54, 1.807) is 6.92 Å². The van der Waals surface area contributed by atoms with E-state index in [-0.39, 0.29) is 24.7 Å². The molecule has 0 aromatic heterocycles. The van der Waals surface area contributed by atoms with Gasteiger partial charge in [-0.3, -0.25) is 9.59 Å². The normalized spacial score (nSPS) is 21.3. The Hall–Kier alpha value is -1.15. The number of rotatable bonds is 8. The number of carbonyl (C=O) groups excluding carboxylic acids is 1. The van der Waals surface area contributed by atoms with Crippen molar-refractivity contribution in [2.75, 3.05) is 25.4 Å². The summed E-state index contributed by atoms with van der Waals surface area (Å²) in [6.45, 7) is 4.22. The van der Waals surface area contributed by atoms with Crippen molar-refractivity contribution in [2.45, 2.75) is 39.5 Å². The third-order valence-corrected chi connectivity index (χ3v) is 5.87. The quantitative estimate of drug-likeness (QED) is 0.679. The van der Waals surface area contributed by atoms with E-state index in [1.165, 1.54) is 4.31 Å². The average Bonchev–Trinajstić information content (AvgIpc) is 2.50. The van der Waals surface area contributed by atoms with E-state index >= 15 is 0 Å². The van der Waals surface area contributed by atoms with Crippen LogP contribution in [0.3, 0.4) is 0 Å². The molecule has 2 atom stereocenters. The number of hydrogen-bond donors (Lipinski definition) is 2. The number of piperidine rings is 1. The summed E-state index contributed by atoms with van der Waals surface area (Å²) in [6.07, 6.45) is 2.52. The molecule has 1 amide bonds. The second-order valence-corrected chi connectivity index (χ2v) is 7.92. The van der Waals surface area contributed by atoms with Crippen LogP contribution in [0.5, 0.6) is 0 Å². The summed E-state index contributed by atoms with van der Waals surface area (Å²) in [4.78, 5) is 23.2. The van der Waals surface area contributed by atoms with E-state index in [9.17, 15) is 18.0 Å². The number of sulfonamides is 1. The minimum atomic E-state index is -3.28. The monoisotopic (exact) mass is 334 g/mol. The van der Waals surface area contributed by atoms with E-state index in [1.807, 2.05) is 6.92 Å². The van der Waals surface area contributed by atoms with Gasteiger partial charge in [0.2, 0.25) is 15.9 Å². The van der Waals surface area contributed by atoms with Crippen LogP contribution in [0, 0.1) is 11.8 Å². The standard InChI is InChI=1S/C14H26N2O5S/c1-3-6-11(14(18)19)9-15-13(17)12-7-5-8-16(10-12)22(20,21)4-2/h11-12H,3-10H2,1-2H3,(H,15,17)(H,18,19). The molecule has 0 radical (unpaired) electrons. The third-order valence-electron chi connectivity index (χ3n) is 4.02. The maximum Gasteiger partial charge on any atom is 0.308 e. The Morgan fingerprint density at radius 3 is 2.59 bits per heavy atom. The first-order valence-corrected chi connectivity index (χ1v) is 9.41. The molecular formula is C14H26N2O5S. The van der Waals surface area contributed by atoms with Gasteiger partial charge in [0.15, 0.2) is 0 Å². The first-order valence-electron chi connectivity index (χ1n) is 7.80. The SMILES string of the molecule is CCCC(CNC(=O)C1CCCN(S(=O)(=O)CC)C1)C(=O)O. The molecule has 22 heavy (non-hydrogen) atoms. The molecule has 2 unspecified atom stereocenters. The van der Waals surface area contributed by atoms with Crippen molar-refractivity contribution in [3.63, 3.8) is 0 Å². The van der Waals surface area contributed by atoms with Gasteiger partial charge < -0.3 is 10.4 Å².